The minimum atomic E-state index is -0.256. The molecule has 0 bridgehead atoms. The summed E-state index contributed by atoms with van der Waals surface area (Å²) in [5.41, 5.74) is 2.06. The summed E-state index contributed by atoms with van der Waals surface area (Å²) in [5, 5.41) is 11.9. The molecule has 18 heavy (non-hydrogen) atoms. The molecule has 0 spiro atoms. The fourth-order valence-corrected chi connectivity index (χ4v) is 2.40. The second-order valence-corrected chi connectivity index (χ2v) is 5.47. The van der Waals surface area contributed by atoms with Crippen LogP contribution < -0.4 is 5.32 Å². The fraction of sp³-hybridized carbons (Fsp3) is 0. The average molecular weight is 417 g/mol. The lowest BCUT2D eigenvalue weighted by Gasteiger charge is -2.09. The first-order valence-electron chi connectivity index (χ1n) is 5.02. The van der Waals surface area contributed by atoms with Crippen molar-refractivity contribution in [1.29, 1.82) is 5.26 Å². The summed E-state index contributed by atoms with van der Waals surface area (Å²) in [4.78, 5) is 0. The Bertz CT molecular complexity index is 637. The number of rotatable bonds is 2. The van der Waals surface area contributed by atoms with Crippen molar-refractivity contribution in [3.63, 3.8) is 0 Å². The van der Waals surface area contributed by atoms with E-state index in [0.29, 0.717) is 19.3 Å². The predicted octanol–water partition coefficient (Wildman–Crippen LogP) is 4.81. The second-order valence-electron chi connectivity index (χ2n) is 3.53. The van der Waals surface area contributed by atoms with Crippen molar-refractivity contribution in [2.45, 2.75) is 0 Å². The molecule has 0 atom stereocenters. The van der Waals surface area contributed by atoms with Gasteiger partial charge in [0.15, 0.2) is 0 Å². The number of halogens is 3. The smallest absolute Gasteiger partial charge is 0.138 e. The molecule has 0 aliphatic carbocycles. The van der Waals surface area contributed by atoms with E-state index in [2.05, 4.69) is 27.3 Å². The summed E-state index contributed by atoms with van der Waals surface area (Å²) in [5.74, 6) is -0.256. The van der Waals surface area contributed by atoms with Crippen LogP contribution in [-0.4, -0.2) is 0 Å². The lowest BCUT2D eigenvalue weighted by atomic mass is 10.2. The monoisotopic (exact) mass is 416 g/mol. The van der Waals surface area contributed by atoms with E-state index < -0.39 is 0 Å². The van der Waals surface area contributed by atoms with Crippen LogP contribution in [0.5, 0.6) is 0 Å². The van der Waals surface area contributed by atoms with Gasteiger partial charge in [0.25, 0.3) is 0 Å². The molecular weight excluding hydrogens is 410 g/mol. The largest absolute Gasteiger partial charge is 0.355 e. The van der Waals surface area contributed by atoms with E-state index in [4.69, 9.17) is 5.26 Å². The van der Waals surface area contributed by atoms with Crippen molar-refractivity contribution in [3.05, 3.63) is 55.8 Å². The maximum atomic E-state index is 13.4. The van der Waals surface area contributed by atoms with Crippen molar-refractivity contribution in [2.24, 2.45) is 0 Å². The third kappa shape index (κ3) is 2.82. The zero-order valence-corrected chi connectivity index (χ0v) is 12.8. The van der Waals surface area contributed by atoms with Gasteiger partial charge < -0.3 is 5.32 Å². The molecule has 0 aromatic heterocycles. The van der Waals surface area contributed by atoms with Gasteiger partial charge in [0.2, 0.25) is 0 Å². The van der Waals surface area contributed by atoms with Crippen LogP contribution in [0.2, 0.25) is 0 Å². The molecule has 2 aromatic carbocycles. The molecule has 0 aliphatic rings. The molecule has 2 nitrogen and oxygen atoms in total. The summed E-state index contributed by atoms with van der Waals surface area (Å²) >= 11 is 5.27. The first-order valence-corrected chi connectivity index (χ1v) is 6.89. The first kappa shape index (κ1) is 13.3. The summed E-state index contributed by atoms with van der Waals surface area (Å²) in [6.45, 7) is 0. The van der Waals surface area contributed by atoms with Crippen LogP contribution in [0.4, 0.5) is 15.8 Å². The average Bonchev–Trinajstić information content (AvgIpc) is 2.35. The summed E-state index contributed by atoms with van der Waals surface area (Å²) in [6, 6.07) is 12.2. The Kier molecular flexibility index (Phi) is 4.19. The van der Waals surface area contributed by atoms with Crippen molar-refractivity contribution in [2.75, 3.05) is 5.32 Å². The van der Waals surface area contributed by atoms with Gasteiger partial charge in [-0.2, -0.15) is 5.26 Å². The molecular formula is C13H7BrFIN2. The minimum Gasteiger partial charge on any atom is -0.355 e. The quantitative estimate of drug-likeness (QED) is 0.713. The van der Waals surface area contributed by atoms with Crippen molar-refractivity contribution in [1.82, 2.24) is 0 Å². The van der Waals surface area contributed by atoms with Gasteiger partial charge in [-0.1, -0.05) is 6.07 Å². The van der Waals surface area contributed by atoms with Crippen LogP contribution in [0.15, 0.2) is 40.9 Å². The van der Waals surface area contributed by atoms with E-state index in [-0.39, 0.29) is 5.82 Å². The summed E-state index contributed by atoms with van der Waals surface area (Å²) in [7, 11) is 0. The Morgan fingerprint density at radius 1 is 1.28 bits per heavy atom. The Balaban J connectivity index is 2.32. The Labute approximate surface area is 126 Å². The standard InChI is InChI=1S/C13H7BrFIN2/c14-10-6-9(5-4-8(10)7-17)18-12-3-1-2-11(15)13(12)16/h1-6,18H. The number of anilines is 2. The van der Waals surface area contributed by atoms with Gasteiger partial charge in [0.05, 0.1) is 14.8 Å². The minimum absolute atomic E-state index is 0.256. The van der Waals surface area contributed by atoms with Crippen LogP contribution in [0.25, 0.3) is 0 Å². The SMILES string of the molecule is N#Cc1ccc(Nc2cccc(F)c2I)cc1Br. The maximum Gasteiger partial charge on any atom is 0.138 e. The van der Waals surface area contributed by atoms with Crippen LogP contribution >= 0.6 is 38.5 Å². The van der Waals surface area contributed by atoms with Crippen molar-refractivity contribution in [3.8, 4) is 6.07 Å². The summed E-state index contributed by atoms with van der Waals surface area (Å²) in [6.07, 6.45) is 0. The maximum absolute atomic E-state index is 13.4. The van der Waals surface area contributed by atoms with Crippen LogP contribution in [0.1, 0.15) is 5.56 Å². The van der Waals surface area contributed by atoms with Crippen molar-refractivity contribution < 1.29 is 4.39 Å². The van der Waals surface area contributed by atoms with Gasteiger partial charge in [-0.15, -0.1) is 0 Å². The van der Waals surface area contributed by atoms with E-state index >= 15 is 0 Å². The Morgan fingerprint density at radius 3 is 2.72 bits per heavy atom. The fourth-order valence-electron chi connectivity index (χ4n) is 1.44. The lowest BCUT2D eigenvalue weighted by molar-refractivity contribution is 0.621. The topological polar surface area (TPSA) is 35.8 Å². The number of hydrogen-bond acceptors (Lipinski definition) is 2. The van der Waals surface area contributed by atoms with Gasteiger partial charge in [-0.25, -0.2) is 4.39 Å². The number of hydrogen-bond donors (Lipinski definition) is 1. The molecule has 0 amide bonds. The molecule has 0 saturated heterocycles. The molecule has 0 aliphatic heterocycles. The van der Waals surface area contributed by atoms with Gasteiger partial charge in [0, 0.05) is 10.2 Å². The third-order valence-electron chi connectivity index (χ3n) is 2.32. The molecule has 0 saturated carbocycles. The van der Waals surface area contributed by atoms with Gasteiger partial charge in [0.1, 0.15) is 11.9 Å². The van der Waals surface area contributed by atoms with Crippen LogP contribution in [0.3, 0.4) is 0 Å². The summed E-state index contributed by atoms with van der Waals surface area (Å²) < 4.78 is 14.6. The zero-order chi connectivity index (χ0) is 13.1. The number of nitrogens with one attached hydrogen (secondary N) is 1. The van der Waals surface area contributed by atoms with Crippen LogP contribution in [-0.2, 0) is 0 Å². The Morgan fingerprint density at radius 2 is 2.06 bits per heavy atom. The van der Waals surface area contributed by atoms with E-state index in [9.17, 15) is 4.39 Å². The van der Waals surface area contributed by atoms with Gasteiger partial charge in [-0.05, 0) is 68.9 Å². The molecule has 0 unspecified atom stereocenters. The normalized spacial score (nSPS) is 9.89. The highest BCUT2D eigenvalue weighted by Crippen LogP contribution is 2.27. The van der Waals surface area contributed by atoms with E-state index in [1.54, 1.807) is 30.3 Å². The lowest BCUT2D eigenvalue weighted by Crippen LogP contribution is -1.95. The highest BCUT2D eigenvalue weighted by molar-refractivity contribution is 14.1. The predicted molar refractivity (Wildman–Crippen MR) is 81.3 cm³/mol. The number of nitrogens with zero attached hydrogens (tertiary/aromatic N) is 1. The molecule has 0 radical (unpaired) electrons. The van der Waals surface area contributed by atoms with E-state index in [1.165, 1.54) is 6.07 Å². The number of benzene rings is 2. The third-order valence-corrected chi connectivity index (χ3v) is 4.07. The molecule has 1 N–H and O–H groups in total. The molecule has 2 rings (SSSR count). The van der Waals surface area contributed by atoms with Crippen molar-refractivity contribution >= 4 is 49.9 Å². The van der Waals surface area contributed by atoms with E-state index in [1.807, 2.05) is 22.6 Å². The molecule has 90 valence electrons. The number of nitriles is 1. The molecule has 0 fully saturated rings. The van der Waals surface area contributed by atoms with E-state index in [0.717, 1.165) is 5.69 Å². The van der Waals surface area contributed by atoms with Gasteiger partial charge >= 0.3 is 0 Å². The molecule has 0 heterocycles. The highest BCUT2D eigenvalue weighted by atomic mass is 127. The molecule has 2 aromatic rings. The second kappa shape index (κ2) is 5.67. The van der Waals surface area contributed by atoms with Gasteiger partial charge in [-0.3, -0.25) is 0 Å². The van der Waals surface area contributed by atoms with Crippen LogP contribution in [0, 0.1) is 20.7 Å². The zero-order valence-electron chi connectivity index (χ0n) is 9.05. The Hall–Kier alpha value is -1.13. The highest BCUT2D eigenvalue weighted by Gasteiger charge is 2.06. The molecule has 5 heteroatoms. The first-order chi connectivity index (χ1) is 8.61.